The quantitative estimate of drug-likeness (QED) is 0.652. The first-order chi connectivity index (χ1) is 7.03. The third kappa shape index (κ3) is 2.40. The Morgan fingerprint density at radius 3 is 2.67 bits per heavy atom. The van der Waals surface area contributed by atoms with Crippen LogP contribution in [0.3, 0.4) is 0 Å². The molecule has 2 heterocycles. The van der Waals surface area contributed by atoms with Gasteiger partial charge in [0.15, 0.2) is 0 Å². The topological polar surface area (TPSA) is 77.4 Å². The third-order valence-corrected chi connectivity index (χ3v) is 4.19. The minimum Gasteiger partial charge on any atom is -0.388 e. The minimum absolute atomic E-state index is 0.219. The van der Waals surface area contributed by atoms with Crippen molar-refractivity contribution >= 4 is 18.5 Å². The fourth-order valence-electron chi connectivity index (χ4n) is 1.75. The number of ether oxygens (including phenoxy) is 2. The Balaban J connectivity index is 1.98. The van der Waals surface area contributed by atoms with Gasteiger partial charge in [-0.15, -0.1) is 0 Å². The molecule has 2 saturated heterocycles. The molecule has 0 aliphatic carbocycles. The molecule has 6 nitrogen and oxygen atoms in total. The van der Waals surface area contributed by atoms with E-state index in [4.69, 9.17) is 25.8 Å². The Morgan fingerprint density at radius 1 is 1.33 bits per heavy atom. The van der Waals surface area contributed by atoms with E-state index in [9.17, 15) is 10.00 Å². The van der Waals surface area contributed by atoms with E-state index < -0.39 is 18.9 Å². The fraction of sp³-hybridized carbons (Fsp3) is 1.00. The van der Waals surface area contributed by atoms with Gasteiger partial charge in [0.1, 0.15) is 24.4 Å². The molecule has 2 aliphatic rings. The van der Waals surface area contributed by atoms with Crippen molar-refractivity contribution < 1.29 is 28.5 Å². The molecule has 0 radical (unpaired) electrons. The van der Waals surface area contributed by atoms with E-state index >= 15 is 0 Å². The SMILES string of the molecule is COP(O)(=S)O[C@@H]1CO[C@H]2[C@@H]1OC[C@@H]2O. The maximum atomic E-state index is 9.48. The number of aliphatic hydroxyl groups is 1. The van der Waals surface area contributed by atoms with Gasteiger partial charge >= 0.3 is 6.72 Å². The van der Waals surface area contributed by atoms with Crippen molar-refractivity contribution in [3.05, 3.63) is 0 Å². The number of fused-ring (bicyclic) bond motifs is 1. The van der Waals surface area contributed by atoms with E-state index in [0.29, 0.717) is 0 Å². The molecule has 0 bridgehead atoms. The average Bonchev–Trinajstić information content (AvgIpc) is 2.72. The molecule has 0 amide bonds. The predicted molar refractivity (Wildman–Crippen MR) is 53.9 cm³/mol. The summed E-state index contributed by atoms with van der Waals surface area (Å²) in [7, 11) is 1.29. The summed E-state index contributed by atoms with van der Waals surface area (Å²) < 4.78 is 20.5. The van der Waals surface area contributed by atoms with Crippen LogP contribution in [-0.2, 0) is 30.3 Å². The minimum atomic E-state index is -3.20. The molecule has 2 aliphatic heterocycles. The van der Waals surface area contributed by atoms with Crippen molar-refractivity contribution in [2.45, 2.75) is 24.4 Å². The van der Waals surface area contributed by atoms with Crippen LogP contribution in [-0.4, -0.2) is 54.7 Å². The standard InChI is InChI=1S/C7H13O6PS/c1-10-14(9,15)13-5-3-12-6-4(8)2-11-7(5)6/h4-8H,2-3H2,1H3,(H,9,15)/t4-,5+,6+,7+,14?/m0/s1. The average molecular weight is 256 g/mol. The summed E-state index contributed by atoms with van der Waals surface area (Å²) in [6, 6.07) is 0. The lowest BCUT2D eigenvalue weighted by atomic mass is 10.1. The number of hydrogen-bond acceptors (Lipinski definition) is 6. The van der Waals surface area contributed by atoms with Crippen LogP contribution < -0.4 is 0 Å². The zero-order valence-corrected chi connectivity index (χ0v) is 9.82. The lowest BCUT2D eigenvalue weighted by Crippen LogP contribution is -2.32. The van der Waals surface area contributed by atoms with Crippen molar-refractivity contribution in [1.82, 2.24) is 0 Å². The third-order valence-electron chi connectivity index (χ3n) is 2.48. The smallest absolute Gasteiger partial charge is 0.324 e. The maximum absolute atomic E-state index is 9.48. The molecule has 0 saturated carbocycles. The van der Waals surface area contributed by atoms with Crippen LogP contribution in [0.15, 0.2) is 0 Å². The van der Waals surface area contributed by atoms with Gasteiger partial charge < -0.3 is 28.5 Å². The van der Waals surface area contributed by atoms with Gasteiger partial charge in [-0.25, -0.2) is 0 Å². The van der Waals surface area contributed by atoms with Crippen molar-refractivity contribution in [3.8, 4) is 0 Å². The fourth-order valence-corrected chi connectivity index (χ4v) is 2.69. The lowest BCUT2D eigenvalue weighted by Gasteiger charge is -2.20. The van der Waals surface area contributed by atoms with E-state index in [1.807, 2.05) is 0 Å². The Bertz CT molecular complexity index is 287. The van der Waals surface area contributed by atoms with Crippen LogP contribution in [0.4, 0.5) is 0 Å². The first-order valence-corrected chi connectivity index (χ1v) is 7.11. The molecule has 0 aromatic carbocycles. The van der Waals surface area contributed by atoms with Crippen LogP contribution >= 0.6 is 6.72 Å². The highest BCUT2D eigenvalue weighted by Gasteiger charge is 2.49. The summed E-state index contributed by atoms with van der Waals surface area (Å²) in [6.45, 7) is -2.74. The highest BCUT2D eigenvalue weighted by Crippen LogP contribution is 2.46. The second-order valence-corrected chi connectivity index (χ2v) is 6.36. The van der Waals surface area contributed by atoms with Crippen LogP contribution in [0.2, 0.25) is 0 Å². The van der Waals surface area contributed by atoms with Gasteiger partial charge in [0.05, 0.1) is 13.2 Å². The lowest BCUT2D eigenvalue weighted by molar-refractivity contribution is 0.00510. The molecule has 15 heavy (non-hydrogen) atoms. The first kappa shape index (κ1) is 11.9. The van der Waals surface area contributed by atoms with Crippen molar-refractivity contribution in [2.24, 2.45) is 0 Å². The zero-order valence-electron chi connectivity index (χ0n) is 8.11. The van der Waals surface area contributed by atoms with Gasteiger partial charge in [-0.2, -0.15) is 0 Å². The van der Waals surface area contributed by atoms with Gasteiger partial charge in [-0.05, 0) is 11.8 Å². The number of aliphatic hydroxyl groups excluding tert-OH is 1. The van der Waals surface area contributed by atoms with Gasteiger partial charge in [0, 0.05) is 7.11 Å². The van der Waals surface area contributed by atoms with Crippen LogP contribution in [0.25, 0.3) is 0 Å². The molecule has 1 unspecified atom stereocenters. The Hall–Kier alpha value is 0.410. The van der Waals surface area contributed by atoms with Crippen molar-refractivity contribution in [3.63, 3.8) is 0 Å². The Labute approximate surface area is 92.3 Å². The summed E-state index contributed by atoms with van der Waals surface area (Å²) in [5, 5.41) is 9.46. The second kappa shape index (κ2) is 4.35. The summed E-state index contributed by atoms with van der Waals surface area (Å²) in [4.78, 5) is 9.48. The molecule has 2 fully saturated rings. The monoisotopic (exact) mass is 256 g/mol. The van der Waals surface area contributed by atoms with Gasteiger partial charge in [0.2, 0.25) is 0 Å². The van der Waals surface area contributed by atoms with E-state index in [1.165, 1.54) is 7.11 Å². The predicted octanol–water partition coefficient (Wildman–Crippen LogP) is -0.607. The molecule has 2 rings (SSSR count). The van der Waals surface area contributed by atoms with E-state index in [-0.39, 0.29) is 25.4 Å². The maximum Gasteiger partial charge on any atom is 0.324 e. The summed E-state index contributed by atoms with van der Waals surface area (Å²) >= 11 is 4.72. The van der Waals surface area contributed by atoms with Crippen LogP contribution in [0.1, 0.15) is 0 Å². The molecule has 88 valence electrons. The molecular weight excluding hydrogens is 243 g/mol. The molecule has 0 aromatic rings. The van der Waals surface area contributed by atoms with E-state index in [2.05, 4.69) is 4.52 Å². The van der Waals surface area contributed by atoms with Gasteiger partial charge in [-0.1, -0.05) is 0 Å². The van der Waals surface area contributed by atoms with Gasteiger partial charge in [0.25, 0.3) is 0 Å². The second-order valence-electron chi connectivity index (χ2n) is 3.46. The summed E-state index contributed by atoms with van der Waals surface area (Å²) in [6.07, 6.45) is -1.86. The molecule has 0 spiro atoms. The molecule has 5 atom stereocenters. The summed E-state index contributed by atoms with van der Waals surface area (Å²) in [5.74, 6) is 0. The largest absolute Gasteiger partial charge is 0.388 e. The van der Waals surface area contributed by atoms with Crippen LogP contribution in [0.5, 0.6) is 0 Å². The Kier molecular flexibility index (Phi) is 3.45. The highest BCUT2D eigenvalue weighted by molar-refractivity contribution is 8.07. The zero-order chi connectivity index (χ0) is 11.1. The summed E-state index contributed by atoms with van der Waals surface area (Å²) in [5.41, 5.74) is 0. The van der Waals surface area contributed by atoms with Gasteiger partial charge in [-0.3, -0.25) is 0 Å². The van der Waals surface area contributed by atoms with Crippen molar-refractivity contribution in [2.75, 3.05) is 20.3 Å². The Morgan fingerprint density at radius 2 is 2.00 bits per heavy atom. The van der Waals surface area contributed by atoms with Crippen LogP contribution in [0, 0.1) is 0 Å². The number of rotatable bonds is 3. The van der Waals surface area contributed by atoms with E-state index in [1.54, 1.807) is 0 Å². The molecule has 2 N–H and O–H groups in total. The van der Waals surface area contributed by atoms with E-state index in [0.717, 1.165) is 0 Å². The normalized spacial score (nSPS) is 43.9. The number of hydrogen-bond donors (Lipinski definition) is 2. The molecule has 8 heteroatoms. The highest BCUT2D eigenvalue weighted by atomic mass is 32.5. The molecular formula is C7H13O6PS. The van der Waals surface area contributed by atoms with Crippen molar-refractivity contribution in [1.29, 1.82) is 0 Å². The molecule has 0 aromatic heterocycles. The first-order valence-electron chi connectivity index (χ1n) is 4.52.